The van der Waals surface area contributed by atoms with Gasteiger partial charge in [0.05, 0.1) is 35.5 Å². The average Bonchev–Trinajstić information content (AvgIpc) is 3.41. The smallest absolute Gasteiger partial charge is 0.301 e. The number of aromatic nitrogens is 1. The number of methoxy groups -OCH3 is 1. The lowest BCUT2D eigenvalue weighted by molar-refractivity contribution is -0.132. The van der Waals surface area contributed by atoms with Gasteiger partial charge in [0.1, 0.15) is 23.1 Å². The maximum atomic E-state index is 13.8. The normalized spacial score (nSPS) is 17.1. The predicted molar refractivity (Wildman–Crippen MR) is 135 cm³/mol. The summed E-state index contributed by atoms with van der Waals surface area (Å²) in [6, 6.07) is 16.7. The minimum absolute atomic E-state index is 0.0794. The van der Waals surface area contributed by atoms with Crippen LogP contribution in [-0.4, -0.2) is 35.5 Å². The quantitative estimate of drug-likeness (QED) is 0.213. The van der Waals surface area contributed by atoms with Gasteiger partial charge in [-0.3, -0.25) is 14.5 Å². The Bertz CT molecular complexity index is 1510. The van der Waals surface area contributed by atoms with Crippen molar-refractivity contribution < 1.29 is 28.6 Å². The van der Waals surface area contributed by atoms with Gasteiger partial charge in [-0.05, 0) is 55.0 Å². The summed E-state index contributed by atoms with van der Waals surface area (Å²) in [7, 11) is 1.53. The van der Waals surface area contributed by atoms with Crippen molar-refractivity contribution in [2.75, 3.05) is 18.6 Å². The summed E-state index contributed by atoms with van der Waals surface area (Å²) in [5, 5.41) is 11.5. The first-order chi connectivity index (χ1) is 17.4. The zero-order valence-corrected chi connectivity index (χ0v) is 20.2. The molecule has 4 aromatic rings. The predicted octanol–water partition coefficient (Wildman–Crippen LogP) is 5.47. The first-order valence-electron chi connectivity index (χ1n) is 11.2. The molecule has 0 radical (unpaired) electrons. The maximum Gasteiger partial charge on any atom is 0.301 e. The molecule has 1 aliphatic heterocycles. The molecule has 1 saturated heterocycles. The molecule has 1 atom stereocenters. The van der Waals surface area contributed by atoms with Crippen LogP contribution in [0.25, 0.3) is 16.0 Å². The van der Waals surface area contributed by atoms with Crippen molar-refractivity contribution in [1.29, 1.82) is 0 Å². The standard InChI is InChI=1S/C27H21FN2O5S/c1-3-35-19-6-4-5-16(13-19)24(31)22-23(15-7-10-18(34-2)11-8-15)30(26(33)25(22)32)27-29-20-12-9-17(28)14-21(20)36-27/h4-14,23,31H,3H2,1-2H3. The van der Waals surface area contributed by atoms with E-state index in [1.807, 2.05) is 6.92 Å². The highest BCUT2D eigenvalue weighted by Crippen LogP contribution is 2.44. The lowest BCUT2D eigenvalue weighted by Crippen LogP contribution is -2.29. The lowest BCUT2D eigenvalue weighted by Gasteiger charge is -2.23. The molecular weight excluding hydrogens is 483 g/mol. The minimum atomic E-state index is -0.961. The van der Waals surface area contributed by atoms with Crippen LogP contribution in [0.5, 0.6) is 11.5 Å². The van der Waals surface area contributed by atoms with E-state index in [1.165, 1.54) is 30.2 Å². The fraction of sp³-hybridized carbons (Fsp3) is 0.148. The van der Waals surface area contributed by atoms with E-state index in [0.717, 1.165) is 11.3 Å². The monoisotopic (exact) mass is 504 g/mol. The van der Waals surface area contributed by atoms with E-state index in [0.29, 0.717) is 39.4 Å². The minimum Gasteiger partial charge on any atom is -0.507 e. The highest BCUT2D eigenvalue weighted by molar-refractivity contribution is 7.22. The number of amides is 1. The number of benzene rings is 3. The largest absolute Gasteiger partial charge is 0.507 e. The van der Waals surface area contributed by atoms with Gasteiger partial charge in [0.15, 0.2) is 5.13 Å². The number of halogens is 1. The third-order valence-electron chi connectivity index (χ3n) is 5.84. The molecule has 9 heteroatoms. The summed E-state index contributed by atoms with van der Waals surface area (Å²) in [6.45, 7) is 2.27. The van der Waals surface area contributed by atoms with Gasteiger partial charge in [-0.2, -0.15) is 0 Å². The molecule has 1 fully saturated rings. The zero-order valence-electron chi connectivity index (χ0n) is 19.4. The number of carbonyl (C=O) groups is 2. The summed E-state index contributed by atoms with van der Waals surface area (Å²) in [5.41, 5.74) is 1.33. The van der Waals surface area contributed by atoms with Crippen LogP contribution in [-0.2, 0) is 9.59 Å². The van der Waals surface area contributed by atoms with Gasteiger partial charge in [0, 0.05) is 5.56 Å². The number of rotatable bonds is 6. The second-order valence-electron chi connectivity index (χ2n) is 8.01. The Kier molecular flexibility index (Phi) is 6.15. The number of ether oxygens (including phenoxy) is 2. The zero-order chi connectivity index (χ0) is 25.4. The van der Waals surface area contributed by atoms with Crippen LogP contribution in [0.4, 0.5) is 9.52 Å². The fourth-order valence-electron chi connectivity index (χ4n) is 4.18. The Morgan fingerprint density at radius 1 is 1.08 bits per heavy atom. The van der Waals surface area contributed by atoms with Crippen molar-refractivity contribution in [3.05, 3.63) is 89.2 Å². The summed E-state index contributed by atoms with van der Waals surface area (Å²) in [4.78, 5) is 32.4. The molecule has 3 aromatic carbocycles. The van der Waals surface area contributed by atoms with Crippen LogP contribution in [0.3, 0.4) is 0 Å². The Morgan fingerprint density at radius 3 is 2.58 bits per heavy atom. The molecule has 0 spiro atoms. The fourth-order valence-corrected chi connectivity index (χ4v) is 5.19. The van der Waals surface area contributed by atoms with Gasteiger partial charge in [-0.15, -0.1) is 0 Å². The molecule has 1 unspecified atom stereocenters. The number of hydrogen-bond donors (Lipinski definition) is 1. The van der Waals surface area contributed by atoms with Gasteiger partial charge in [-0.1, -0.05) is 35.6 Å². The number of ketones is 1. The molecule has 2 heterocycles. The number of thiazole rings is 1. The number of nitrogens with zero attached hydrogens (tertiary/aromatic N) is 2. The number of aliphatic hydroxyl groups is 1. The highest BCUT2D eigenvalue weighted by Gasteiger charge is 2.48. The Balaban J connectivity index is 1.70. The molecule has 36 heavy (non-hydrogen) atoms. The summed E-state index contributed by atoms with van der Waals surface area (Å²) in [5.74, 6) is -1.33. The number of carbonyl (C=O) groups excluding carboxylic acids is 2. The van der Waals surface area contributed by atoms with E-state index in [2.05, 4.69) is 4.98 Å². The Morgan fingerprint density at radius 2 is 1.86 bits per heavy atom. The topological polar surface area (TPSA) is 89.0 Å². The lowest BCUT2D eigenvalue weighted by atomic mass is 9.95. The number of fused-ring (bicyclic) bond motifs is 1. The van der Waals surface area contributed by atoms with Crippen LogP contribution in [0.2, 0.25) is 0 Å². The number of hydrogen-bond acceptors (Lipinski definition) is 7. The van der Waals surface area contributed by atoms with Gasteiger partial charge in [-0.25, -0.2) is 9.37 Å². The van der Waals surface area contributed by atoms with Crippen LogP contribution in [0, 0.1) is 5.82 Å². The molecule has 1 N–H and O–H groups in total. The molecule has 0 aliphatic carbocycles. The van der Waals surface area contributed by atoms with E-state index in [1.54, 1.807) is 48.5 Å². The molecule has 5 rings (SSSR count). The van der Waals surface area contributed by atoms with Crippen molar-refractivity contribution in [3.63, 3.8) is 0 Å². The maximum absolute atomic E-state index is 13.8. The first kappa shape index (κ1) is 23.5. The summed E-state index contributed by atoms with van der Waals surface area (Å²) < 4.78 is 25.1. The van der Waals surface area contributed by atoms with E-state index >= 15 is 0 Å². The second kappa shape index (κ2) is 9.43. The average molecular weight is 505 g/mol. The van der Waals surface area contributed by atoms with Gasteiger partial charge >= 0.3 is 5.91 Å². The van der Waals surface area contributed by atoms with Crippen molar-refractivity contribution >= 4 is 44.1 Å². The van der Waals surface area contributed by atoms with Gasteiger partial charge in [0.2, 0.25) is 0 Å². The van der Waals surface area contributed by atoms with Crippen LogP contribution >= 0.6 is 11.3 Å². The van der Waals surface area contributed by atoms with Crippen molar-refractivity contribution in [1.82, 2.24) is 4.98 Å². The van der Waals surface area contributed by atoms with E-state index < -0.39 is 23.5 Å². The Labute approximate surface area is 210 Å². The number of Topliss-reactive ketones (excluding diaryl/α,β-unsaturated/α-hetero) is 1. The molecule has 0 saturated carbocycles. The van der Waals surface area contributed by atoms with Crippen LogP contribution < -0.4 is 14.4 Å². The summed E-state index contributed by atoms with van der Waals surface area (Å²) >= 11 is 1.09. The number of anilines is 1. The van der Waals surface area contributed by atoms with E-state index in [-0.39, 0.29) is 16.5 Å². The second-order valence-corrected chi connectivity index (χ2v) is 9.02. The van der Waals surface area contributed by atoms with E-state index in [9.17, 15) is 19.1 Å². The highest BCUT2D eigenvalue weighted by atomic mass is 32.1. The molecular formula is C27H21FN2O5S. The first-order valence-corrected chi connectivity index (χ1v) is 12.0. The number of aliphatic hydroxyl groups excluding tert-OH is 1. The van der Waals surface area contributed by atoms with Gasteiger partial charge in [0.25, 0.3) is 5.78 Å². The third kappa shape index (κ3) is 4.07. The summed E-state index contributed by atoms with van der Waals surface area (Å²) in [6.07, 6.45) is 0. The molecule has 1 aliphatic rings. The molecule has 0 bridgehead atoms. The van der Waals surface area contributed by atoms with E-state index in [4.69, 9.17) is 9.47 Å². The molecule has 182 valence electrons. The Hall–Kier alpha value is -4.24. The molecule has 1 aromatic heterocycles. The van der Waals surface area contributed by atoms with Crippen molar-refractivity contribution in [2.45, 2.75) is 13.0 Å². The van der Waals surface area contributed by atoms with Gasteiger partial charge < -0.3 is 14.6 Å². The van der Waals surface area contributed by atoms with Crippen molar-refractivity contribution in [2.24, 2.45) is 0 Å². The van der Waals surface area contributed by atoms with Crippen LogP contribution in [0.15, 0.2) is 72.3 Å². The van der Waals surface area contributed by atoms with Crippen molar-refractivity contribution in [3.8, 4) is 11.5 Å². The molecule has 7 nitrogen and oxygen atoms in total. The SMILES string of the molecule is CCOc1cccc(C(O)=C2C(=O)C(=O)N(c3nc4ccc(F)cc4s3)C2c2ccc(OC)cc2)c1. The van der Waals surface area contributed by atoms with Crippen LogP contribution in [0.1, 0.15) is 24.1 Å². The molecule has 1 amide bonds. The third-order valence-corrected chi connectivity index (χ3v) is 6.86.